The lowest BCUT2D eigenvalue weighted by Crippen LogP contribution is -2.46. The summed E-state index contributed by atoms with van der Waals surface area (Å²) in [6.45, 7) is 3.14. The molecule has 4 nitrogen and oxygen atoms in total. The second-order valence-corrected chi connectivity index (χ2v) is 5.57. The van der Waals surface area contributed by atoms with Crippen molar-refractivity contribution in [3.63, 3.8) is 0 Å². The number of benzene rings is 1. The van der Waals surface area contributed by atoms with Crippen LogP contribution in [0.3, 0.4) is 0 Å². The predicted octanol–water partition coefficient (Wildman–Crippen LogP) is 1.86. The Bertz CT molecular complexity index is 458. The smallest absolute Gasteiger partial charge is 0.123 e. The lowest BCUT2D eigenvalue weighted by Gasteiger charge is -2.37. The number of rotatable bonds is 4. The Labute approximate surface area is 118 Å². The summed E-state index contributed by atoms with van der Waals surface area (Å²) in [5.74, 6) is -0.372. The number of nitrogens with zero attached hydrogens (tertiary/aromatic N) is 1. The van der Waals surface area contributed by atoms with Crippen LogP contribution in [0.1, 0.15) is 31.4 Å². The molecule has 0 radical (unpaired) electrons. The normalized spacial score (nSPS) is 19.6. The molecule has 0 aliphatic carbocycles. The van der Waals surface area contributed by atoms with Gasteiger partial charge in [-0.15, -0.1) is 0 Å². The third kappa shape index (κ3) is 3.48. The van der Waals surface area contributed by atoms with E-state index in [1.807, 2.05) is 11.9 Å². The summed E-state index contributed by atoms with van der Waals surface area (Å²) < 4.78 is 18.6. The monoisotopic (exact) mass is 283 g/mol. The van der Waals surface area contributed by atoms with Crippen LogP contribution in [0.5, 0.6) is 0 Å². The van der Waals surface area contributed by atoms with E-state index < -0.39 is 11.7 Å². The summed E-state index contributed by atoms with van der Waals surface area (Å²) in [6.07, 6.45) is 0.415. The van der Waals surface area contributed by atoms with E-state index >= 15 is 0 Å². The van der Waals surface area contributed by atoms with Gasteiger partial charge in [-0.3, -0.25) is 0 Å². The minimum Gasteiger partial charge on any atom is -0.389 e. The standard InChI is InChI=1S/C15H22FNO3/c1-11(18)13-9-12(16)3-4-14(13)17(2)10-15(19)5-7-20-8-6-15/h3-4,9,11,18-19H,5-8,10H2,1-2H3/t11-/m1/s1. The highest BCUT2D eigenvalue weighted by Gasteiger charge is 2.31. The molecule has 5 heteroatoms. The molecule has 0 aromatic heterocycles. The highest BCUT2D eigenvalue weighted by molar-refractivity contribution is 5.54. The van der Waals surface area contributed by atoms with Crippen molar-refractivity contribution in [2.75, 3.05) is 31.7 Å². The van der Waals surface area contributed by atoms with Gasteiger partial charge in [-0.2, -0.15) is 0 Å². The van der Waals surface area contributed by atoms with Gasteiger partial charge in [0.1, 0.15) is 5.82 Å². The summed E-state index contributed by atoms with van der Waals surface area (Å²) in [7, 11) is 1.84. The summed E-state index contributed by atoms with van der Waals surface area (Å²) in [4.78, 5) is 1.87. The van der Waals surface area contributed by atoms with Crippen LogP contribution < -0.4 is 4.90 Å². The van der Waals surface area contributed by atoms with Crippen LogP contribution in [0.4, 0.5) is 10.1 Å². The van der Waals surface area contributed by atoms with Crippen LogP contribution in [0.15, 0.2) is 18.2 Å². The lowest BCUT2D eigenvalue weighted by molar-refractivity contribution is -0.0573. The molecule has 20 heavy (non-hydrogen) atoms. The third-order valence-electron chi connectivity index (χ3n) is 3.81. The number of hydrogen-bond acceptors (Lipinski definition) is 4. The Morgan fingerprint density at radius 3 is 2.65 bits per heavy atom. The minimum absolute atomic E-state index is 0.372. The van der Waals surface area contributed by atoms with Gasteiger partial charge in [0.15, 0.2) is 0 Å². The van der Waals surface area contributed by atoms with E-state index in [1.165, 1.54) is 12.1 Å². The van der Waals surface area contributed by atoms with E-state index in [2.05, 4.69) is 0 Å². The quantitative estimate of drug-likeness (QED) is 0.885. The van der Waals surface area contributed by atoms with Crippen LogP contribution in [-0.2, 0) is 4.74 Å². The SMILES string of the molecule is C[C@@H](O)c1cc(F)ccc1N(C)CC1(O)CCOCC1. The van der Waals surface area contributed by atoms with Crippen molar-refractivity contribution in [3.8, 4) is 0 Å². The van der Waals surface area contributed by atoms with Crippen LogP contribution in [0, 0.1) is 5.82 Å². The number of ether oxygens (including phenoxy) is 1. The number of halogens is 1. The third-order valence-corrected chi connectivity index (χ3v) is 3.81. The summed E-state index contributed by atoms with van der Waals surface area (Å²) in [5.41, 5.74) is 0.474. The molecule has 0 unspecified atom stereocenters. The van der Waals surface area contributed by atoms with E-state index in [4.69, 9.17) is 4.74 Å². The van der Waals surface area contributed by atoms with Gasteiger partial charge in [0.05, 0.1) is 11.7 Å². The first-order valence-electron chi connectivity index (χ1n) is 6.90. The average Bonchev–Trinajstić information content (AvgIpc) is 2.38. The highest BCUT2D eigenvalue weighted by Crippen LogP contribution is 2.29. The maximum absolute atomic E-state index is 13.3. The van der Waals surface area contributed by atoms with E-state index in [1.54, 1.807) is 13.0 Å². The van der Waals surface area contributed by atoms with Crippen LogP contribution in [-0.4, -0.2) is 42.6 Å². The van der Waals surface area contributed by atoms with Crippen molar-refractivity contribution in [3.05, 3.63) is 29.6 Å². The molecule has 0 spiro atoms. The van der Waals surface area contributed by atoms with Crippen molar-refractivity contribution < 1.29 is 19.3 Å². The topological polar surface area (TPSA) is 52.9 Å². The second-order valence-electron chi connectivity index (χ2n) is 5.57. The van der Waals surface area contributed by atoms with Gasteiger partial charge in [0, 0.05) is 50.9 Å². The van der Waals surface area contributed by atoms with Crippen molar-refractivity contribution >= 4 is 5.69 Å². The zero-order valence-corrected chi connectivity index (χ0v) is 12.0. The molecule has 112 valence electrons. The lowest BCUT2D eigenvalue weighted by atomic mass is 9.93. The second kappa shape index (κ2) is 6.08. The van der Waals surface area contributed by atoms with E-state index in [9.17, 15) is 14.6 Å². The maximum atomic E-state index is 13.3. The van der Waals surface area contributed by atoms with Gasteiger partial charge in [-0.1, -0.05) is 0 Å². The Kier molecular flexibility index (Phi) is 4.62. The zero-order valence-electron chi connectivity index (χ0n) is 12.0. The molecular weight excluding hydrogens is 261 g/mol. The molecule has 1 fully saturated rings. The molecule has 0 bridgehead atoms. The first-order valence-corrected chi connectivity index (χ1v) is 6.90. The molecule has 1 heterocycles. The van der Waals surface area contributed by atoms with Gasteiger partial charge >= 0.3 is 0 Å². The van der Waals surface area contributed by atoms with E-state index in [-0.39, 0.29) is 5.82 Å². The first-order chi connectivity index (χ1) is 9.41. The van der Waals surface area contributed by atoms with Crippen molar-refractivity contribution in [2.24, 2.45) is 0 Å². The predicted molar refractivity (Wildman–Crippen MR) is 75.3 cm³/mol. The Balaban J connectivity index is 2.18. The van der Waals surface area contributed by atoms with Crippen molar-refractivity contribution in [1.29, 1.82) is 0 Å². The molecular formula is C15H22FNO3. The fourth-order valence-electron chi connectivity index (χ4n) is 2.64. The number of aliphatic hydroxyl groups excluding tert-OH is 1. The summed E-state index contributed by atoms with van der Waals surface area (Å²) >= 11 is 0. The average molecular weight is 283 g/mol. The Morgan fingerprint density at radius 1 is 1.40 bits per heavy atom. The van der Waals surface area contributed by atoms with Crippen LogP contribution in [0.25, 0.3) is 0 Å². The van der Waals surface area contributed by atoms with E-state index in [0.717, 1.165) is 5.69 Å². The molecule has 0 amide bonds. The van der Waals surface area contributed by atoms with E-state index in [0.29, 0.717) is 38.2 Å². The van der Waals surface area contributed by atoms with Gasteiger partial charge in [-0.05, 0) is 25.1 Å². The van der Waals surface area contributed by atoms with Gasteiger partial charge in [0.25, 0.3) is 0 Å². The fraction of sp³-hybridized carbons (Fsp3) is 0.600. The van der Waals surface area contributed by atoms with Crippen LogP contribution in [0.2, 0.25) is 0 Å². The minimum atomic E-state index is -0.794. The van der Waals surface area contributed by atoms with Gasteiger partial charge in [0.2, 0.25) is 0 Å². The first kappa shape index (κ1) is 15.2. The molecule has 1 aliphatic rings. The van der Waals surface area contributed by atoms with Crippen molar-refractivity contribution in [2.45, 2.75) is 31.5 Å². The summed E-state index contributed by atoms with van der Waals surface area (Å²) in [5, 5.41) is 20.3. The number of likely N-dealkylation sites (N-methyl/N-ethyl adjacent to an activating group) is 1. The Hall–Kier alpha value is -1.17. The zero-order chi connectivity index (χ0) is 14.8. The number of aliphatic hydroxyl groups is 2. The molecule has 2 N–H and O–H groups in total. The number of hydrogen-bond donors (Lipinski definition) is 2. The van der Waals surface area contributed by atoms with Crippen LogP contribution >= 0.6 is 0 Å². The molecule has 2 rings (SSSR count). The largest absolute Gasteiger partial charge is 0.389 e. The molecule has 1 atom stereocenters. The number of anilines is 1. The molecule has 1 aliphatic heterocycles. The van der Waals surface area contributed by atoms with Gasteiger partial charge in [-0.25, -0.2) is 4.39 Å². The molecule has 1 saturated heterocycles. The maximum Gasteiger partial charge on any atom is 0.123 e. The fourth-order valence-corrected chi connectivity index (χ4v) is 2.64. The molecule has 1 aromatic rings. The molecule has 0 saturated carbocycles. The Morgan fingerprint density at radius 2 is 2.05 bits per heavy atom. The van der Waals surface area contributed by atoms with Crippen molar-refractivity contribution in [1.82, 2.24) is 0 Å². The molecule has 1 aromatic carbocycles. The van der Waals surface area contributed by atoms with Gasteiger partial charge < -0.3 is 19.8 Å². The highest BCUT2D eigenvalue weighted by atomic mass is 19.1. The summed E-state index contributed by atoms with van der Waals surface area (Å²) in [6, 6.07) is 4.34.